The van der Waals surface area contributed by atoms with Crippen molar-refractivity contribution in [1.82, 2.24) is 9.85 Å². The van der Waals surface area contributed by atoms with Gasteiger partial charge in [0.1, 0.15) is 0 Å². The molecule has 0 saturated carbocycles. The van der Waals surface area contributed by atoms with Crippen LogP contribution in [0.25, 0.3) is 0 Å². The Kier molecular flexibility index (Phi) is 8.26. The number of hydrogen-bond donors (Lipinski definition) is 0. The second-order valence-electron chi connectivity index (χ2n) is 15.0. The van der Waals surface area contributed by atoms with Gasteiger partial charge in [0, 0.05) is 0 Å². The van der Waals surface area contributed by atoms with Crippen LogP contribution in [0, 0.1) is 0 Å². The predicted octanol–water partition coefficient (Wildman–Crippen LogP) is 6.04. The van der Waals surface area contributed by atoms with E-state index in [1.165, 1.54) is 0 Å². The minimum atomic E-state index is -3.50. The summed E-state index contributed by atoms with van der Waals surface area (Å²) in [5.41, 5.74) is 0.661. The Balaban J connectivity index is 4.23. The summed E-state index contributed by atoms with van der Waals surface area (Å²) >= 11 is -3.11. The molecule has 0 aromatic heterocycles. The Labute approximate surface area is 204 Å². The van der Waals surface area contributed by atoms with E-state index in [-0.39, 0.29) is 22.2 Å². The molecule has 0 atom stereocenters. The molecular weight excluding hydrogens is 574 g/mol. The van der Waals surface area contributed by atoms with Gasteiger partial charge in [-0.3, -0.25) is 0 Å². The molecule has 30 heavy (non-hydrogen) atoms. The maximum atomic E-state index is 3.18. The van der Waals surface area contributed by atoms with Crippen molar-refractivity contribution in [1.29, 1.82) is 0 Å². The third kappa shape index (κ3) is 5.62. The molecule has 0 aromatic rings. The summed E-state index contributed by atoms with van der Waals surface area (Å²) in [7, 11) is -3.31. The third-order valence-corrected chi connectivity index (χ3v) is 51.2. The Bertz CT molecular complexity index is 534. The van der Waals surface area contributed by atoms with Crippen molar-refractivity contribution in [3.63, 3.8) is 0 Å². The van der Waals surface area contributed by atoms with Gasteiger partial charge in [-0.05, 0) is 0 Å². The van der Waals surface area contributed by atoms with Crippen molar-refractivity contribution in [3.8, 4) is 0 Å². The summed E-state index contributed by atoms with van der Waals surface area (Å²) in [6, 6.07) is 0. The van der Waals surface area contributed by atoms with Crippen molar-refractivity contribution in [2.45, 2.75) is 145 Å². The number of rotatable bonds is 4. The molecule has 1 rings (SSSR count). The van der Waals surface area contributed by atoms with Crippen LogP contribution in [0.3, 0.4) is 0 Å². The molecule has 1 aliphatic rings. The van der Waals surface area contributed by atoms with Crippen LogP contribution in [0.2, 0.25) is 39.3 Å². The molecule has 1 fully saturated rings. The number of hydrogen-bond acceptors (Lipinski definition) is 4. The summed E-state index contributed by atoms with van der Waals surface area (Å²) in [6.45, 7) is 45.3. The molecule has 1 aliphatic heterocycles. The van der Waals surface area contributed by atoms with E-state index in [1.807, 2.05) is 0 Å². The van der Waals surface area contributed by atoms with Gasteiger partial charge in [-0.1, -0.05) is 0 Å². The average Bonchev–Trinajstić information content (AvgIpc) is 2.24. The molecule has 0 aliphatic carbocycles. The van der Waals surface area contributed by atoms with Crippen LogP contribution in [0.1, 0.15) is 83.1 Å². The van der Waals surface area contributed by atoms with Crippen LogP contribution < -0.4 is 0 Å². The van der Waals surface area contributed by atoms with E-state index in [0.29, 0.717) is 15.4 Å². The van der Waals surface area contributed by atoms with Crippen LogP contribution in [-0.4, -0.2) is 83.3 Å². The zero-order valence-corrected chi connectivity index (χ0v) is 30.3. The standard InChI is InChI=1S/C8H18N2Se.2C7H18NSi.Sn/c1-7(2,3)9-11-10-8(4,5)6;2*1-7(2,3)8-9(4,5)6;/h1-6H3;2*1-6H3;/q-2;2*-1;+4. The Morgan fingerprint density at radius 2 is 0.767 bits per heavy atom. The summed E-state index contributed by atoms with van der Waals surface area (Å²) in [4.78, 5) is 0. The van der Waals surface area contributed by atoms with Crippen LogP contribution in [-0.2, 0) is 0 Å². The van der Waals surface area contributed by atoms with Crippen molar-refractivity contribution in [2.24, 2.45) is 0 Å². The van der Waals surface area contributed by atoms with Crippen LogP contribution >= 0.6 is 0 Å². The van der Waals surface area contributed by atoms with Crippen molar-refractivity contribution in [3.05, 3.63) is 0 Å². The van der Waals surface area contributed by atoms with E-state index in [1.54, 1.807) is 0 Å². The zero-order chi connectivity index (χ0) is 24.5. The normalized spacial score (nSPS) is 20.8. The summed E-state index contributed by atoms with van der Waals surface area (Å²) in [5.74, 6) is 0. The average molecular weight is 629 g/mol. The first-order chi connectivity index (χ1) is 12.7. The zero-order valence-electron chi connectivity index (χ0n) is 23.7. The molecule has 0 bridgehead atoms. The molecule has 1 heterocycles. The van der Waals surface area contributed by atoms with E-state index in [0.717, 1.165) is 0 Å². The van der Waals surface area contributed by atoms with E-state index in [4.69, 9.17) is 0 Å². The van der Waals surface area contributed by atoms with Gasteiger partial charge in [-0.25, -0.2) is 0 Å². The summed E-state index contributed by atoms with van der Waals surface area (Å²) in [5, 5.41) is 0. The van der Waals surface area contributed by atoms with Crippen molar-refractivity contribution in [2.75, 3.05) is 0 Å². The number of nitrogens with zero attached hydrogens (tertiary/aromatic N) is 4. The van der Waals surface area contributed by atoms with Gasteiger partial charge < -0.3 is 0 Å². The Hall–Kier alpha value is 1.59. The fraction of sp³-hybridized carbons (Fsp3) is 1.00. The van der Waals surface area contributed by atoms with Gasteiger partial charge in [0.15, 0.2) is 0 Å². The fourth-order valence-electron chi connectivity index (χ4n) is 5.66. The van der Waals surface area contributed by atoms with Gasteiger partial charge in [-0.15, -0.1) is 0 Å². The molecule has 0 N–H and O–H groups in total. The van der Waals surface area contributed by atoms with Crippen LogP contribution in [0.15, 0.2) is 0 Å². The maximum absolute atomic E-state index is 3.50. The minimum absolute atomic E-state index is 0.146. The monoisotopic (exact) mass is 630 g/mol. The van der Waals surface area contributed by atoms with Gasteiger partial charge in [0.05, 0.1) is 0 Å². The van der Waals surface area contributed by atoms with Crippen LogP contribution in [0.5, 0.6) is 0 Å². The van der Waals surface area contributed by atoms with E-state index >= 15 is 0 Å². The first-order valence-corrected chi connectivity index (χ1v) is 25.1. The van der Waals surface area contributed by atoms with Crippen molar-refractivity contribution >= 4 is 51.3 Å². The first-order valence-electron chi connectivity index (χ1n) is 11.6. The first kappa shape index (κ1) is 29.6. The topological polar surface area (TPSA) is 13.0 Å². The molecule has 0 unspecified atom stereocenters. The second-order valence-corrected chi connectivity index (χ2v) is 41.6. The molecular formula is C22H54N4SeSi2Sn. The van der Waals surface area contributed by atoms with E-state index in [2.05, 4.69) is 132 Å². The Morgan fingerprint density at radius 3 is 0.900 bits per heavy atom. The molecule has 1 saturated heterocycles. The van der Waals surface area contributed by atoms with Gasteiger partial charge in [0.2, 0.25) is 0 Å². The second kappa shape index (κ2) is 8.36. The van der Waals surface area contributed by atoms with Gasteiger partial charge >= 0.3 is 206 Å². The molecule has 8 heteroatoms. The molecule has 0 amide bonds. The quantitative estimate of drug-likeness (QED) is 0.352. The molecule has 0 spiro atoms. The van der Waals surface area contributed by atoms with Gasteiger partial charge in [0.25, 0.3) is 0 Å². The molecule has 0 radical (unpaired) electrons. The van der Waals surface area contributed by atoms with Crippen LogP contribution in [0.4, 0.5) is 0 Å². The predicted molar refractivity (Wildman–Crippen MR) is 145 cm³/mol. The Morgan fingerprint density at radius 1 is 0.533 bits per heavy atom. The summed E-state index contributed by atoms with van der Waals surface area (Å²) < 4.78 is 12.5. The van der Waals surface area contributed by atoms with E-state index < -0.39 is 35.9 Å². The van der Waals surface area contributed by atoms with Crippen molar-refractivity contribution < 1.29 is 0 Å². The SMILES string of the molecule is CC(C)(C)[N]1[Se][N](C(C)(C)C)[Sn]1([N](C(C)(C)C)[Si](C)(C)C)[N](C(C)(C)C)[Si](C)(C)C. The molecule has 180 valence electrons. The van der Waals surface area contributed by atoms with Gasteiger partial charge in [-0.2, -0.15) is 0 Å². The molecule has 4 nitrogen and oxygen atoms in total. The fourth-order valence-corrected chi connectivity index (χ4v) is 61.3. The van der Waals surface area contributed by atoms with E-state index in [9.17, 15) is 0 Å². The molecule has 0 aromatic carbocycles. The summed E-state index contributed by atoms with van der Waals surface area (Å²) in [6.07, 6.45) is 0. The third-order valence-electron chi connectivity index (χ3n) is 5.21.